The molecule has 0 bridgehead atoms. The average Bonchev–Trinajstić information content (AvgIpc) is 3.50. The van der Waals surface area contributed by atoms with Gasteiger partial charge in [-0.15, -0.1) is 20.4 Å². The fourth-order valence-corrected chi connectivity index (χ4v) is 3.96. The van der Waals surface area contributed by atoms with E-state index >= 15 is 0 Å². The number of anilines is 1. The number of aryl methyl sites for hydroxylation is 2. The number of amides is 1. The maximum atomic E-state index is 12.7. The van der Waals surface area contributed by atoms with Crippen LogP contribution in [0.2, 0.25) is 0 Å². The molecule has 9 heteroatoms. The molecule has 5 rings (SSSR count). The smallest absolute Gasteiger partial charge is 0.255 e. The van der Waals surface area contributed by atoms with Gasteiger partial charge in [-0.2, -0.15) is 0 Å². The van der Waals surface area contributed by atoms with Crippen LogP contribution >= 0.6 is 11.8 Å². The van der Waals surface area contributed by atoms with Crippen LogP contribution in [-0.2, 0) is 7.05 Å². The van der Waals surface area contributed by atoms with Crippen LogP contribution in [0.5, 0.6) is 0 Å². The van der Waals surface area contributed by atoms with Gasteiger partial charge in [0.2, 0.25) is 11.8 Å². The first-order valence-corrected chi connectivity index (χ1v) is 11.3. The molecular weight excluding hydrogens is 448 g/mol. The summed E-state index contributed by atoms with van der Waals surface area (Å²) in [5, 5.41) is 19.9. The Labute approximate surface area is 200 Å². The molecule has 0 saturated carbocycles. The van der Waals surface area contributed by atoms with E-state index in [-0.39, 0.29) is 5.91 Å². The summed E-state index contributed by atoms with van der Waals surface area (Å²) in [6.45, 7) is 2.02. The molecule has 8 nitrogen and oxygen atoms in total. The highest BCUT2D eigenvalue weighted by Gasteiger charge is 2.12. The van der Waals surface area contributed by atoms with Crippen molar-refractivity contribution >= 4 is 23.4 Å². The lowest BCUT2D eigenvalue weighted by molar-refractivity contribution is 0.102. The fraction of sp³-hybridized carbons (Fsp3) is 0.0800. The third kappa shape index (κ3) is 4.74. The van der Waals surface area contributed by atoms with Crippen molar-refractivity contribution in [2.75, 3.05) is 5.32 Å². The van der Waals surface area contributed by atoms with Crippen molar-refractivity contribution in [1.82, 2.24) is 25.0 Å². The van der Waals surface area contributed by atoms with Crippen LogP contribution in [0.4, 0.5) is 5.69 Å². The highest BCUT2D eigenvalue weighted by molar-refractivity contribution is 7.99. The lowest BCUT2D eigenvalue weighted by atomic mass is 10.1. The second-order valence-electron chi connectivity index (χ2n) is 7.66. The number of rotatable bonds is 6. The predicted molar refractivity (Wildman–Crippen MR) is 129 cm³/mol. The molecule has 2 heterocycles. The predicted octanol–water partition coefficient (Wildman–Crippen LogP) is 5.24. The number of benzene rings is 3. The first kappa shape index (κ1) is 21.6. The van der Waals surface area contributed by atoms with E-state index in [1.807, 2.05) is 67.1 Å². The Kier molecular flexibility index (Phi) is 5.92. The van der Waals surface area contributed by atoms with E-state index in [4.69, 9.17) is 4.42 Å². The van der Waals surface area contributed by atoms with Crippen LogP contribution in [0.15, 0.2) is 93.6 Å². The first-order valence-electron chi connectivity index (χ1n) is 10.5. The Morgan fingerprint density at radius 3 is 2.06 bits per heavy atom. The average molecular weight is 469 g/mol. The summed E-state index contributed by atoms with van der Waals surface area (Å²) in [6.07, 6.45) is 1.66. The molecule has 0 saturated heterocycles. The standard InChI is InChI=1S/C25H20N6O2S/c1-16-3-5-18(6-4-16)23-28-29-24(33-23)19-9-7-17(8-10-19)22(32)27-20-11-13-21(14-12-20)34-25-30-26-15-31(25)2/h3-15H,1-2H3,(H,27,32). The van der Waals surface area contributed by atoms with Crippen LogP contribution in [0.3, 0.4) is 0 Å². The molecule has 0 aliphatic rings. The van der Waals surface area contributed by atoms with Crippen molar-refractivity contribution < 1.29 is 9.21 Å². The summed E-state index contributed by atoms with van der Waals surface area (Å²) in [5.74, 6) is 0.655. The maximum Gasteiger partial charge on any atom is 0.255 e. The summed E-state index contributed by atoms with van der Waals surface area (Å²) in [6, 6.07) is 22.5. The molecule has 0 fully saturated rings. The molecule has 5 aromatic rings. The van der Waals surface area contributed by atoms with Gasteiger partial charge < -0.3 is 14.3 Å². The summed E-state index contributed by atoms with van der Waals surface area (Å²) in [7, 11) is 1.89. The van der Waals surface area contributed by atoms with Crippen molar-refractivity contribution in [3.05, 3.63) is 90.3 Å². The molecule has 0 aliphatic heterocycles. The van der Waals surface area contributed by atoms with Gasteiger partial charge in [-0.1, -0.05) is 17.7 Å². The molecule has 168 valence electrons. The van der Waals surface area contributed by atoms with E-state index in [1.165, 1.54) is 11.8 Å². The van der Waals surface area contributed by atoms with Gasteiger partial charge in [0.05, 0.1) is 0 Å². The van der Waals surface area contributed by atoms with Gasteiger partial charge in [-0.05, 0) is 79.3 Å². The molecule has 0 atom stereocenters. The van der Waals surface area contributed by atoms with Gasteiger partial charge in [0.25, 0.3) is 5.91 Å². The van der Waals surface area contributed by atoms with Crippen LogP contribution in [0.1, 0.15) is 15.9 Å². The highest BCUT2D eigenvalue weighted by atomic mass is 32.2. The molecule has 1 amide bonds. The van der Waals surface area contributed by atoms with Crippen LogP contribution < -0.4 is 5.32 Å². The highest BCUT2D eigenvalue weighted by Crippen LogP contribution is 2.27. The van der Waals surface area contributed by atoms with E-state index < -0.39 is 0 Å². The number of nitrogens with zero attached hydrogens (tertiary/aromatic N) is 5. The van der Waals surface area contributed by atoms with Crippen LogP contribution in [0.25, 0.3) is 22.9 Å². The zero-order valence-corrected chi connectivity index (χ0v) is 19.3. The number of hydrogen-bond donors (Lipinski definition) is 1. The zero-order chi connectivity index (χ0) is 23.5. The molecule has 0 aliphatic carbocycles. The van der Waals surface area contributed by atoms with Gasteiger partial charge >= 0.3 is 0 Å². The monoisotopic (exact) mass is 468 g/mol. The number of aromatic nitrogens is 5. The summed E-state index contributed by atoms with van der Waals surface area (Å²) in [4.78, 5) is 13.7. The van der Waals surface area contributed by atoms with E-state index in [9.17, 15) is 4.79 Å². The molecule has 1 N–H and O–H groups in total. The van der Waals surface area contributed by atoms with E-state index in [1.54, 1.807) is 30.6 Å². The number of carbonyl (C=O) groups excluding carboxylic acids is 1. The zero-order valence-electron chi connectivity index (χ0n) is 18.5. The lowest BCUT2D eigenvalue weighted by Crippen LogP contribution is -2.11. The quantitative estimate of drug-likeness (QED) is 0.364. The number of carbonyl (C=O) groups is 1. The van der Waals surface area contributed by atoms with Gasteiger partial charge in [-0.3, -0.25) is 4.79 Å². The van der Waals surface area contributed by atoms with Crippen LogP contribution in [-0.4, -0.2) is 30.9 Å². The minimum atomic E-state index is -0.203. The molecule has 0 unspecified atom stereocenters. The number of hydrogen-bond acceptors (Lipinski definition) is 7. The van der Waals surface area contributed by atoms with Crippen molar-refractivity contribution in [2.24, 2.45) is 7.05 Å². The summed E-state index contributed by atoms with van der Waals surface area (Å²) >= 11 is 1.50. The molecule has 0 spiro atoms. The van der Waals surface area contributed by atoms with Gasteiger partial charge in [0.1, 0.15) is 6.33 Å². The van der Waals surface area contributed by atoms with E-state index in [2.05, 4.69) is 25.7 Å². The van der Waals surface area contributed by atoms with Gasteiger partial charge in [0.15, 0.2) is 5.16 Å². The van der Waals surface area contributed by atoms with Gasteiger partial charge in [0, 0.05) is 34.3 Å². The Bertz CT molecular complexity index is 1420. The minimum absolute atomic E-state index is 0.203. The third-order valence-electron chi connectivity index (χ3n) is 5.11. The van der Waals surface area contributed by atoms with Crippen molar-refractivity contribution in [2.45, 2.75) is 17.0 Å². The molecule has 2 aromatic heterocycles. The van der Waals surface area contributed by atoms with Crippen molar-refractivity contribution in [3.63, 3.8) is 0 Å². The van der Waals surface area contributed by atoms with Crippen molar-refractivity contribution in [1.29, 1.82) is 0 Å². The molecule has 0 radical (unpaired) electrons. The number of nitrogens with one attached hydrogen (secondary N) is 1. The van der Waals surface area contributed by atoms with Crippen LogP contribution in [0, 0.1) is 6.92 Å². The normalized spacial score (nSPS) is 10.9. The fourth-order valence-electron chi connectivity index (χ4n) is 3.20. The second-order valence-corrected chi connectivity index (χ2v) is 8.70. The van der Waals surface area contributed by atoms with Crippen molar-refractivity contribution in [3.8, 4) is 22.9 Å². The Morgan fingerprint density at radius 1 is 0.853 bits per heavy atom. The topological polar surface area (TPSA) is 98.7 Å². The van der Waals surface area contributed by atoms with E-state index in [0.29, 0.717) is 23.0 Å². The Balaban J connectivity index is 1.23. The molecule has 34 heavy (non-hydrogen) atoms. The maximum absolute atomic E-state index is 12.7. The SMILES string of the molecule is Cc1ccc(-c2nnc(-c3ccc(C(=O)Nc4ccc(Sc5nncn5C)cc4)cc3)o2)cc1. The summed E-state index contributed by atoms with van der Waals surface area (Å²) < 4.78 is 7.66. The first-order chi connectivity index (χ1) is 16.5. The second kappa shape index (κ2) is 9.32. The largest absolute Gasteiger partial charge is 0.416 e. The molecule has 3 aromatic carbocycles. The van der Waals surface area contributed by atoms with E-state index in [0.717, 1.165) is 26.7 Å². The third-order valence-corrected chi connectivity index (χ3v) is 6.17. The Morgan fingerprint density at radius 2 is 1.47 bits per heavy atom. The Hall–Kier alpha value is -4.24. The van der Waals surface area contributed by atoms with Gasteiger partial charge in [-0.25, -0.2) is 0 Å². The molecular formula is C25H20N6O2S. The summed E-state index contributed by atoms with van der Waals surface area (Å²) in [5.41, 5.74) is 4.00. The minimum Gasteiger partial charge on any atom is -0.416 e. The lowest BCUT2D eigenvalue weighted by Gasteiger charge is -2.07.